The molecule has 1 radical (unpaired) electrons. The Morgan fingerprint density at radius 2 is 2.18 bits per heavy atom. The number of hydrogen-bond donors (Lipinski definition) is 0. The molecule has 0 heteroatoms. The lowest BCUT2D eigenvalue weighted by atomic mass is 10.1. The van der Waals surface area contributed by atoms with Gasteiger partial charge in [0, 0.05) is 0 Å². The average molecular weight is 141 g/mol. The molecule has 0 amide bonds. The van der Waals surface area contributed by atoms with E-state index in [4.69, 9.17) is 0 Å². The van der Waals surface area contributed by atoms with E-state index >= 15 is 0 Å². The van der Waals surface area contributed by atoms with Gasteiger partial charge in [-0.25, -0.2) is 0 Å². The molecule has 2 aliphatic carbocycles. The fourth-order valence-corrected chi connectivity index (χ4v) is 1.26. The highest BCUT2D eigenvalue weighted by atomic mass is 14.1. The van der Waals surface area contributed by atoms with E-state index in [-0.39, 0.29) is 0 Å². The van der Waals surface area contributed by atoms with Gasteiger partial charge in [0.05, 0.1) is 0 Å². The van der Waals surface area contributed by atoms with Crippen molar-refractivity contribution in [2.75, 3.05) is 0 Å². The fraction of sp³-hybridized carbons (Fsp3) is 0.0909. The molecular formula is C11H9. The van der Waals surface area contributed by atoms with Crippen molar-refractivity contribution in [3.63, 3.8) is 0 Å². The number of hydrogen-bond acceptors (Lipinski definition) is 0. The van der Waals surface area contributed by atoms with E-state index in [0.29, 0.717) is 0 Å². The minimum atomic E-state index is 1.06. The Hall–Kier alpha value is -1.30. The lowest BCUT2D eigenvalue weighted by molar-refractivity contribution is 1.31. The van der Waals surface area contributed by atoms with Crippen molar-refractivity contribution >= 4 is 0 Å². The minimum absolute atomic E-state index is 1.06. The van der Waals surface area contributed by atoms with Gasteiger partial charge in [-0.1, -0.05) is 42.5 Å². The Morgan fingerprint density at radius 1 is 1.18 bits per heavy atom. The normalized spacial score (nSPS) is 29.1. The van der Waals surface area contributed by atoms with E-state index in [1.807, 2.05) is 18.2 Å². The second-order valence-corrected chi connectivity index (χ2v) is 2.62. The van der Waals surface area contributed by atoms with Gasteiger partial charge < -0.3 is 0 Å². The summed E-state index contributed by atoms with van der Waals surface area (Å²) in [5.74, 6) is 0. The van der Waals surface area contributed by atoms with Crippen molar-refractivity contribution in [2.45, 2.75) is 6.42 Å². The summed E-state index contributed by atoms with van der Waals surface area (Å²) in [4.78, 5) is 0. The van der Waals surface area contributed by atoms with Gasteiger partial charge in [0.2, 0.25) is 0 Å². The molecule has 0 N–H and O–H groups in total. The van der Waals surface area contributed by atoms with Crippen LogP contribution in [-0.2, 0) is 0 Å². The van der Waals surface area contributed by atoms with Gasteiger partial charge in [0.15, 0.2) is 0 Å². The molecule has 0 unspecified atom stereocenters. The van der Waals surface area contributed by atoms with Crippen LogP contribution in [0.4, 0.5) is 0 Å². The molecule has 0 saturated heterocycles. The molecule has 53 valence electrons. The largest absolute Gasteiger partial charge is 0.0795 e. The van der Waals surface area contributed by atoms with E-state index < -0.39 is 0 Å². The van der Waals surface area contributed by atoms with Crippen molar-refractivity contribution < 1.29 is 0 Å². The summed E-state index contributed by atoms with van der Waals surface area (Å²) in [6, 6.07) is 0. The lowest BCUT2D eigenvalue weighted by Crippen LogP contribution is -1.77. The van der Waals surface area contributed by atoms with E-state index in [0.717, 1.165) is 6.42 Å². The molecular weight excluding hydrogens is 132 g/mol. The maximum absolute atomic E-state index is 3.10. The van der Waals surface area contributed by atoms with Crippen LogP contribution < -0.4 is 0 Å². The maximum atomic E-state index is 3.10. The molecule has 0 nitrogen and oxygen atoms in total. The Bertz CT molecular complexity index is 296. The molecule has 2 rings (SSSR count). The molecule has 0 aromatic carbocycles. The second kappa shape index (κ2) is 2.75. The van der Waals surface area contributed by atoms with E-state index in [1.54, 1.807) is 0 Å². The summed E-state index contributed by atoms with van der Waals surface area (Å²) in [7, 11) is 0. The first-order valence-corrected chi connectivity index (χ1v) is 3.79. The third kappa shape index (κ3) is 1.25. The van der Waals surface area contributed by atoms with Gasteiger partial charge in [-0.05, 0) is 23.6 Å². The first kappa shape index (κ1) is 6.41. The van der Waals surface area contributed by atoms with Crippen LogP contribution in [0, 0.1) is 6.08 Å². The summed E-state index contributed by atoms with van der Waals surface area (Å²) in [5.41, 5.74) is 2.69. The maximum Gasteiger partial charge on any atom is -0.00880 e. The van der Waals surface area contributed by atoms with Gasteiger partial charge in [0.1, 0.15) is 0 Å². The van der Waals surface area contributed by atoms with Crippen LogP contribution in [0.25, 0.3) is 0 Å². The molecule has 2 aliphatic rings. The minimum Gasteiger partial charge on any atom is -0.0795 e. The number of rotatable bonds is 0. The Labute approximate surface area is 66.9 Å². The molecule has 0 fully saturated rings. The Morgan fingerprint density at radius 3 is 3.18 bits per heavy atom. The predicted molar refractivity (Wildman–Crippen MR) is 46.9 cm³/mol. The predicted octanol–water partition coefficient (Wildman–Crippen LogP) is 2.73. The standard InChI is InChI=1S/C11H9/c1-2-4-7-11-9-5-8-10(11)6-3-1/h1-3,5-8H,9H2/b2-1-,3-1?,4-2?,6-3-,7-4?,10-6?,11-7?. The van der Waals surface area contributed by atoms with E-state index in [9.17, 15) is 0 Å². The van der Waals surface area contributed by atoms with Crippen LogP contribution in [0.2, 0.25) is 0 Å². The highest BCUT2D eigenvalue weighted by Crippen LogP contribution is 2.21. The van der Waals surface area contributed by atoms with Crippen LogP contribution in [0.1, 0.15) is 6.42 Å². The summed E-state index contributed by atoms with van der Waals surface area (Å²) in [6.07, 6.45) is 18.6. The SMILES string of the molecule is [C]1=C/C2=C(C=CC2)\C=C/C=C\1. The van der Waals surface area contributed by atoms with Crippen LogP contribution in [0.5, 0.6) is 0 Å². The first-order valence-electron chi connectivity index (χ1n) is 3.79. The van der Waals surface area contributed by atoms with Gasteiger partial charge in [0.25, 0.3) is 0 Å². The molecule has 0 spiro atoms. The van der Waals surface area contributed by atoms with Crippen molar-refractivity contribution in [1.82, 2.24) is 0 Å². The van der Waals surface area contributed by atoms with Crippen molar-refractivity contribution in [3.05, 3.63) is 59.8 Å². The molecule has 0 aromatic heterocycles. The molecule has 11 heavy (non-hydrogen) atoms. The van der Waals surface area contributed by atoms with Gasteiger partial charge in [-0.15, -0.1) is 0 Å². The summed E-state index contributed by atoms with van der Waals surface area (Å²) < 4.78 is 0. The smallest absolute Gasteiger partial charge is 0.00880 e. The third-order valence-electron chi connectivity index (χ3n) is 1.84. The van der Waals surface area contributed by atoms with Gasteiger partial charge >= 0.3 is 0 Å². The Balaban J connectivity index is 2.38. The van der Waals surface area contributed by atoms with E-state index in [1.165, 1.54) is 11.1 Å². The van der Waals surface area contributed by atoms with Crippen LogP contribution >= 0.6 is 0 Å². The monoisotopic (exact) mass is 141 g/mol. The van der Waals surface area contributed by atoms with Crippen LogP contribution in [0.15, 0.2) is 53.7 Å². The van der Waals surface area contributed by atoms with Gasteiger partial charge in [-0.2, -0.15) is 0 Å². The van der Waals surface area contributed by atoms with Gasteiger partial charge in [-0.3, -0.25) is 0 Å². The first-order chi connectivity index (χ1) is 5.47. The molecule has 0 atom stereocenters. The zero-order valence-electron chi connectivity index (χ0n) is 6.25. The quantitative estimate of drug-likeness (QED) is 0.486. The molecule has 0 aliphatic heterocycles. The van der Waals surface area contributed by atoms with Crippen molar-refractivity contribution in [1.29, 1.82) is 0 Å². The van der Waals surface area contributed by atoms with E-state index in [2.05, 4.69) is 30.4 Å². The summed E-state index contributed by atoms with van der Waals surface area (Å²) >= 11 is 0. The van der Waals surface area contributed by atoms with Crippen LogP contribution in [-0.4, -0.2) is 0 Å². The molecule has 0 bridgehead atoms. The second-order valence-electron chi connectivity index (χ2n) is 2.62. The highest BCUT2D eigenvalue weighted by Gasteiger charge is 2.02. The summed E-state index contributed by atoms with van der Waals surface area (Å²) in [5, 5.41) is 0. The van der Waals surface area contributed by atoms with Crippen LogP contribution in [0.3, 0.4) is 0 Å². The fourth-order valence-electron chi connectivity index (χ4n) is 1.26. The van der Waals surface area contributed by atoms with Crippen molar-refractivity contribution in [3.8, 4) is 0 Å². The third-order valence-corrected chi connectivity index (χ3v) is 1.84. The average Bonchev–Trinajstić information content (AvgIpc) is 2.35. The summed E-state index contributed by atoms with van der Waals surface area (Å²) in [6.45, 7) is 0. The topological polar surface area (TPSA) is 0 Å². The zero-order chi connectivity index (χ0) is 7.52. The molecule has 0 saturated carbocycles. The Kier molecular flexibility index (Phi) is 1.60. The molecule has 0 aromatic rings. The molecule has 0 heterocycles. The highest BCUT2D eigenvalue weighted by molar-refractivity contribution is 5.48. The number of allylic oxidation sites excluding steroid dienone is 10. The zero-order valence-corrected chi connectivity index (χ0v) is 6.25. The lowest BCUT2D eigenvalue weighted by Gasteiger charge is -1.96. The van der Waals surface area contributed by atoms with Crippen molar-refractivity contribution in [2.24, 2.45) is 0 Å².